The fraction of sp³-hybridized carbons (Fsp3) is 0.750. The normalized spacial score (nSPS) is 22.4. The van der Waals surface area contributed by atoms with Gasteiger partial charge in [-0.1, -0.05) is 11.6 Å². The van der Waals surface area contributed by atoms with Crippen molar-refractivity contribution in [3.05, 3.63) is 16.4 Å². The predicted octanol–water partition coefficient (Wildman–Crippen LogP) is 2.37. The number of aromatic nitrogens is 2. The second-order valence-corrected chi connectivity index (χ2v) is 5.77. The van der Waals surface area contributed by atoms with Gasteiger partial charge in [-0.3, -0.25) is 4.68 Å². The fourth-order valence-corrected chi connectivity index (χ4v) is 2.73. The van der Waals surface area contributed by atoms with Crippen LogP contribution in [0.25, 0.3) is 0 Å². The second-order valence-electron chi connectivity index (χ2n) is 5.41. The molecular formula is C12H18ClN3. The fourth-order valence-electron chi connectivity index (χ4n) is 2.43. The van der Waals surface area contributed by atoms with Crippen molar-refractivity contribution in [3.8, 4) is 0 Å². The summed E-state index contributed by atoms with van der Waals surface area (Å²) in [4.78, 5) is 0. The minimum atomic E-state index is 0.111. The van der Waals surface area contributed by atoms with Crippen molar-refractivity contribution in [1.82, 2.24) is 9.78 Å². The van der Waals surface area contributed by atoms with Crippen molar-refractivity contribution in [2.75, 3.05) is 0 Å². The first-order valence-corrected chi connectivity index (χ1v) is 6.47. The van der Waals surface area contributed by atoms with Gasteiger partial charge < -0.3 is 5.73 Å². The third-order valence-corrected chi connectivity index (χ3v) is 4.18. The molecule has 0 saturated heterocycles. The largest absolute Gasteiger partial charge is 0.325 e. The summed E-state index contributed by atoms with van der Waals surface area (Å²) in [6, 6.07) is 0. The van der Waals surface area contributed by atoms with E-state index in [4.69, 9.17) is 17.3 Å². The molecule has 2 saturated carbocycles. The summed E-state index contributed by atoms with van der Waals surface area (Å²) < 4.78 is 1.96. The molecule has 2 aliphatic rings. The molecule has 3 rings (SSSR count). The van der Waals surface area contributed by atoms with Gasteiger partial charge in [0.25, 0.3) is 0 Å². The Morgan fingerprint density at radius 1 is 1.50 bits per heavy atom. The predicted molar refractivity (Wildman–Crippen MR) is 64.7 cm³/mol. The van der Waals surface area contributed by atoms with E-state index in [1.54, 1.807) is 0 Å². The van der Waals surface area contributed by atoms with Gasteiger partial charge in [0.15, 0.2) is 5.15 Å². The smallest absolute Gasteiger partial charge is 0.154 e. The van der Waals surface area contributed by atoms with Gasteiger partial charge in [-0.05, 0) is 38.5 Å². The highest BCUT2D eigenvalue weighted by atomic mass is 35.5. The van der Waals surface area contributed by atoms with Gasteiger partial charge in [0.05, 0.1) is 0 Å². The molecule has 2 fully saturated rings. The molecule has 0 atom stereocenters. The van der Waals surface area contributed by atoms with Crippen LogP contribution < -0.4 is 5.73 Å². The van der Waals surface area contributed by atoms with E-state index in [9.17, 15) is 0 Å². The van der Waals surface area contributed by atoms with E-state index >= 15 is 0 Å². The Labute approximate surface area is 101 Å². The van der Waals surface area contributed by atoms with Gasteiger partial charge in [0.1, 0.15) is 0 Å². The molecule has 0 bridgehead atoms. The zero-order valence-corrected chi connectivity index (χ0v) is 10.4. The molecule has 4 heteroatoms. The Bertz CT molecular complexity index is 416. The number of hydrogen-bond acceptors (Lipinski definition) is 2. The quantitative estimate of drug-likeness (QED) is 0.877. The van der Waals surface area contributed by atoms with E-state index in [0.29, 0.717) is 11.1 Å². The lowest BCUT2D eigenvalue weighted by molar-refractivity contribution is 0.605. The lowest BCUT2D eigenvalue weighted by Crippen LogP contribution is -2.22. The van der Waals surface area contributed by atoms with E-state index in [1.165, 1.54) is 36.9 Å². The molecule has 1 aromatic heterocycles. The maximum Gasteiger partial charge on any atom is 0.154 e. The standard InChI is InChI=1S/C12H18ClN3/c1-16-10(8-2-3-8)9(11(13)15-16)4-5-12(14)6-7-12/h8H,2-7,14H2,1H3. The van der Waals surface area contributed by atoms with Crippen LogP contribution in [-0.4, -0.2) is 15.3 Å². The monoisotopic (exact) mass is 239 g/mol. The Kier molecular flexibility index (Phi) is 2.30. The van der Waals surface area contributed by atoms with Gasteiger partial charge in [0.2, 0.25) is 0 Å². The lowest BCUT2D eigenvalue weighted by atomic mass is 10.0. The summed E-state index contributed by atoms with van der Waals surface area (Å²) in [7, 11) is 2.00. The third-order valence-electron chi connectivity index (χ3n) is 3.87. The Morgan fingerprint density at radius 2 is 2.19 bits per heavy atom. The van der Waals surface area contributed by atoms with Crippen LogP contribution in [0.4, 0.5) is 0 Å². The number of nitrogens with zero attached hydrogens (tertiary/aromatic N) is 2. The first-order valence-electron chi connectivity index (χ1n) is 6.09. The molecule has 0 radical (unpaired) electrons. The molecule has 0 unspecified atom stereocenters. The van der Waals surface area contributed by atoms with Crippen LogP contribution in [0.5, 0.6) is 0 Å². The SMILES string of the molecule is Cn1nc(Cl)c(CCC2(N)CC2)c1C1CC1. The molecule has 0 aromatic carbocycles. The lowest BCUT2D eigenvalue weighted by Gasteiger charge is -2.09. The van der Waals surface area contributed by atoms with E-state index in [1.807, 2.05) is 11.7 Å². The van der Waals surface area contributed by atoms with Gasteiger partial charge in [0, 0.05) is 29.8 Å². The zero-order chi connectivity index (χ0) is 11.3. The maximum atomic E-state index is 6.20. The first-order chi connectivity index (χ1) is 7.59. The molecule has 88 valence electrons. The van der Waals surface area contributed by atoms with E-state index in [0.717, 1.165) is 12.8 Å². The molecule has 2 aliphatic carbocycles. The van der Waals surface area contributed by atoms with Crippen LogP contribution in [0.1, 0.15) is 49.3 Å². The van der Waals surface area contributed by atoms with Crippen molar-refractivity contribution in [2.45, 2.75) is 50.0 Å². The molecule has 2 N–H and O–H groups in total. The summed E-state index contributed by atoms with van der Waals surface area (Å²) >= 11 is 6.20. The summed E-state index contributed by atoms with van der Waals surface area (Å²) in [6.45, 7) is 0. The molecule has 1 aromatic rings. The van der Waals surface area contributed by atoms with Gasteiger partial charge in [-0.2, -0.15) is 5.10 Å². The molecule has 16 heavy (non-hydrogen) atoms. The summed E-state index contributed by atoms with van der Waals surface area (Å²) in [6.07, 6.45) is 6.97. The van der Waals surface area contributed by atoms with Crippen molar-refractivity contribution in [3.63, 3.8) is 0 Å². The molecular weight excluding hydrogens is 222 g/mol. The number of hydrogen-bond donors (Lipinski definition) is 1. The summed E-state index contributed by atoms with van der Waals surface area (Å²) in [5, 5.41) is 5.02. The average Bonchev–Trinajstić information content (AvgIpc) is 3.10. The first kappa shape index (κ1) is 10.6. The molecule has 0 aliphatic heterocycles. The average molecular weight is 240 g/mol. The Balaban J connectivity index is 1.81. The Morgan fingerprint density at radius 3 is 2.75 bits per heavy atom. The molecule has 1 heterocycles. The van der Waals surface area contributed by atoms with Crippen molar-refractivity contribution in [2.24, 2.45) is 12.8 Å². The van der Waals surface area contributed by atoms with Gasteiger partial charge in [-0.25, -0.2) is 0 Å². The molecule has 0 spiro atoms. The van der Waals surface area contributed by atoms with Gasteiger partial charge in [-0.15, -0.1) is 0 Å². The highest BCUT2D eigenvalue weighted by molar-refractivity contribution is 6.30. The highest BCUT2D eigenvalue weighted by Crippen LogP contribution is 2.44. The van der Waals surface area contributed by atoms with Crippen LogP contribution in [0.2, 0.25) is 5.15 Å². The summed E-state index contributed by atoms with van der Waals surface area (Å²) in [5.74, 6) is 0.702. The van der Waals surface area contributed by atoms with Crippen molar-refractivity contribution >= 4 is 11.6 Å². The number of halogens is 1. The second kappa shape index (κ2) is 3.47. The molecule has 3 nitrogen and oxygen atoms in total. The van der Waals surface area contributed by atoms with Crippen LogP contribution in [0, 0.1) is 0 Å². The third kappa shape index (κ3) is 1.87. The minimum Gasteiger partial charge on any atom is -0.325 e. The van der Waals surface area contributed by atoms with E-state index in [2.05, 4.69) is 5.10 Å². The van der Waals surface area contributed by atoms with Crippen LogP contribution in [0.3, 0.4) is 0 Å². The van der Waals surface area contributed by atoms with Crippen LogP contribution in [-0.2, 0) is 13.5 Å². The highest BCUT2D eigenvalue weighted by Gasteiger charge is 2.38. The Hall–Kier alpha value is -0.540. The number of aryl methyl sites for hydroxylation is 1. The van der Waals surface area contributed by atoms with Crippen LogP contribution in [0.15, 0.2) is 0 Å². The molecule has 0 amide bonds. The minimum absolute atomic E-state index is 0.111. The van der Waals surface area contributed by atoms with Crippen molar-refractivity contribution in [1.29, 1.82) is 0 Å². The number of nitrogens with two attached hydrogens (primary N) is 1. The van der Waals surface area contributed by atoms with E-state index < -0.39 is 0 Å². The van der Waals surface area contributed by atoms with Crippen molar-refractivity contribution < 1.29 is 0 Å². The van der Waals surface area contributed by atoms with E-state index in [-0.39, 0.29) is 5.54 Å². The van der Waals surface area contributed by atoms with Gasteiger partial charge >= 0.3 is 0 Å². The van der Waals surface area contributed by atoms with Crippen LogP contribution >= 0.6 is 11.6 Å². The number of rotatable bonds is 4. The zero-order valence-electron chi connectivity index (χ0n) is 9.67. The summed E-state index contributed by atoms with van der Waals surface area (Å²) in [5.41, 5.74) is 8.84. The maximum absolute atomic E-state index is 6.20. The topological polar surface area (TPSA) is 43.8 Å².